The third-order valence-electron chi connectivity index (χ3n) is 1.57. The van der Waals surface area contributed by atoms with E-state index in [0.717, 1.165) is 6.42 Å². The Hall–Kier alpha value is -0.220. The average molecular weight is 192 g/mol. The van der Waals surface area contributed by atoms with Crippen LogP contribution in [0.2, 0.25) is 0 Å². The maximum absolute atomic E-state index is 10.4. The van der Waals surface area contributed by atoms with Gasteiger partial charge in [-0.2, -0.15) is 11.8 Å². The minimum atomic E-state index is -0.770. The first kappa shape index (κ1) is 11.8. The molecule has 0 aromatic heterocycles. The predicted molar refractivity (Wildman–Crippen MR) is 50.4 cm³/mol. The van der Waals surface area contributed by atoms with Crippen LogP contribution in [0.15, 0.2) is 0 Å². The van der Waals surface area contributed by atoms with Crippen LogP contribution in [-0.4, -0.2) is 33.8 Å². The second-order valence-corrected chi connectivity index (χ2v) is 3.91. The standard InChI is InChI=1S/C8H16O3S/c1-3-7(9)5-12-4-6(2)8(10)11/h6-7,9H,3-5H2,1-2H3,(H,10,11). The van der Waals surface area contributed by atoms with Crippen LogP contribution >= 0.6 is 11.8 Å². The van der Waals surface area contributed by atoms with Crippen molar-refractivity contribution in [1.29, 1.82) is 0 Å². The van der Waals surface area contributed by atoms with Gasteiger partial charge in [0.05, 0.1) is 12.0 Å². The molecule has 2 N–H and O–H groups in total. The molecule has 0 bridgehead atoms. The van der Waals surface area contributed by atoms with E-state index in [4.69, 9.17) is 10.2 Å². The minimum absolute atomic E-state index is 0.295. The zero-order valence-corrected chi connectivity index (χ0v) is 8.30. The average Bonchev–Trinajstić information content (AvgIpc) is 2.03. The molecule has 3 nitrogen and oxygen atoms in total. The smallest absolute Gasteiger partial charge is 0.307 e. The lowest BCUT2D eigenvalue weighted by Crippen LogP contribution is -2.14. The van der Waals surface area contributed by atoms with Crippen LogP contribution in [-0.2, 0) is 4.79 Å². The van der Waals surface area contributed by atoms with Crippen LogP contribution in [0.25, 0.3) is 0 Å². The number of hydrogen-bond donors (Lipinski definition) is 2. The molecule has 2 unspecified atom stereocenters. The lowest BCUT2D eigenvalue weighted by molar-refractivity contribution is -0.140. The van der Waals surface area contributed by atoms with Gasteiger partial charge in [-0.15, -0.1) is 0 Å². The van der Waals surface area contributed by atoms with E-state index in [9.17, 15) is 4.79 Å². The summed E-state index contributed by atoms with van der Waals surface area (Å²) in [7, 11) is 0. The van der Waals surface area contributed by atoms with Gasteiger partial charge in [0.25, 0.3) is 0 Å². The summed E-state index contributed by atoms with van der Waals surface area (Å²) >= 11 is 1.49. The largest absolute Gasteiger partial charge is 0.481 e. The summed E-state index contributed by atoms with van der Waals surface area (Å²) in [5.74, 6) is 0.119. The summed E-state index contributed by atoms with van der Waals surface area (Å²) < 4.78 is 0. The maximum Gasteiger partial charge on any atom is 0.307 e. The highest BCUT2D eigenvalue weighted by Gasteiger charge is 2.11. The monoisotopic (exact) mass is 192 g/mol. The minimum Gasteiger partial charge on any atom is -0.481 e. The Labute approximate surface area is 77.2 Å². The lowest BCUT2D eigenvalue weighted by atomic mass is 10.2. The van der Waals surface area contributed by atoms with Crippen molar-refractivity contribution in [2.75, 3.05) is 11.5 Å². The molecular weight excluding hydrogens is 176 g/mol. The van der Waals surface area contributed by atoms with E-state index < -0.39 is 5.97 Å². The second-order valence-electron chi connectivity index (χ2n) is 2.84. The molecule has 0 aromatic carbocycles. The Morgan fingerprint density at radius 1 is 1.50 bits per heavy atom. The molecule has 0 aliphatic rings. The SMILES string of the molecule is CCC(O)CSCC(C)C(=O)O. The van der Waals surface area contributed by atoms with E-state index >= 15 is 0 Å². The zero-order valence-electron chi connectivity index (χ0n) is 7.49. The molecule has 0 heterocycles. The van der Waals surface area contributed by atoms with E-state index in [0.29, 0.717) is 11.5 Å². The molecule has 2 atom stereocenters. The first-order chi connectivity index (χ1) is 5.57. The van der Waals surface area contributed by atoms with Crippen molar-refractivity contribution >= 4 is 17.7 Å². The maximum atomic E-state index is 10.4. The molecular formula is C8H16O3S. The van der Waals surface area contributed by atoms with Crippen LogP contribution in [0.1, 0.15) is 20.3 Å². The summed E-state index contributed by atoms with van der Waals surface area (Å²) in [5, 5.41) is 17.7. The van der Waals surface area contributed by atoms with Gasteiger partial charge in [0, 0.05) is 11.5 Å². The fourth-order valence-electron chi connectivity index (χ4n) is 0.570. The Morgan fingerprint density at radius 3 is 2.50 bits per heavy atom. The van der Waals surface area contributed by atoms with E-state index in [1.165, 1.54) is 11.8 Å². The van der Waals surface area contributed by atoms with Crippen LogP contribution in [0, 0.1) is 5.92 Å². The number of rotatable bonds is 6. The van der Waals surface area contributed by atoms with Crippen molar-refractivity contribution in [1.82, 2.24) is 0 Å². The summed E-state index contributed by atoms with van der Waals surface area (Å²) in [6.07, 6.45) is 0.435. The van der Waals surface area contributed by atoms with Crippen molar-refractivity contribution in [3.63, 3.8) is 0 Å². The summed E-state index contributed by atoms with van der Waals surface area (Å²) in [6, 6.07) is 0. The van der Waals surface area contributed by atoms with Crippen molar-refractivity contribution in [3.05, 3.63) is 0 Å². The molecule has 0 rings (SSSR count). The van der Waals surface area contributed by atoms with Crippen molar-refractivity contribution in [2.45, 2.75) is 26.4 Å². The molecule has 0 saturated heterocycles. The third kappa shape index (κ3) is 5.43. The molecule has 72 valence electrons. The summed E-state index contributed by atoms with van der Waals surface area (Å²) in [5.41, 5.74) is 0. The quantitative estimate of drug-likeness (QED) is 0.664. The molecule has 0 spiro atoms. The van der Waals surface area contributed by atoms with E-state index in [1.54, 1.807) is 6.92 Å². The van der Waals surface area contributed by atoms with Crippen LogP contribution < -0.4 is 0 Å². The number of hydrogen-bond acceptors (Lipinski definition) is 3. The molecule has 0 fully saturated rings. The number of aliphatic carboxylic acids is 1. The van der Waals surface area contributed by atoms with E-state index in [2.05, 4.69) is 0 Å². The number of carboxylic acid groups (broad SMARTS) is 1. The molecule has 0 radical (unpaired) electrons. The van der Waals surface area contributed by atoms with E-state index in [1.807, 2.05) is 6.92 Å². The number of aliphatic hydroxyl groups excluding tert-OH is 1. The summed E-state index contributed by atoms with van der Waals surface area (Å²) in [6.45, 7) is 3.58. The molecule has 0 aliphatic heterocycles. The van der Waals surface area contributed by atoms with E-state index in [-0.39, 0.29) is 12.0 Å². The summed E-state index contributed by atoms with van der Waals surface area (Å²) in [4.78, 5) is 10.4. The third-order valence-corrected chi connectivity index (χ3v) is 2.93. The highest BCUT2D eigenvalue weighted by molar-refractivity contribution is 7.99. The zero-order chi connectivity index (χ0) is 9.56. The van der Waals surface area contributed by atoms with Gasteiger partial charge in [0.15, 0.2) is 0 Å². The number of carbonyl (C=O) groups is 1. The van der Waals surface area contributed by atoms with Crippen molar-refractivity contribution in [2.24, 2.45) is 5.92 Å². The fourth-order valence-corrected chi connectivity index (χ4v) is 1.71. The highest BCUT2D eigenvalue weighted by atomic mass is 32.2. The first-order valence-corrected chi connectivity index (χ1v) is 5.22. The molecule has 0 amide bonds. The number of aliphatic hydroxyl groups is 1. The predicted octanol–water partition coefficient (Wildman–Crippen LogP) is 1.21. The Bertz CT molecular complexity index is 138. The molecule has 0 saturated carbocycles. The van der Waals surface area contributed by atoms with Crippen LogP contribution in [0.3, 0.4) is 0 Å². The van der Waals surface area contributed by atoms with Crippen LogP contribution in [0.4, 0.5) is 0 Å². The first-order valence-electron chi connectivity index (χ1n) is 4.06. The molecule has 4 heteroatoms. The van der Waals surface area contributed by atoms with Gasteiger partial charge in [-0.05, 0) is 6.42 Å². The van der Waals surface area contributed by atoms with Gasteiger partial charge < -0.3 is 10.2 Å². The van der Waals surface area contributed by atoms with Crippen LogP contribution in [0.5, 0.6) is 0 Å². The number of thioether (sulfide) groups is 1. The Kier molecular flexibility index (Phi) is 6.20. The van der Waals surface area contributed by atoms with Crippen molar-refractivity contribution < 1.29 is 15.0 Å². The van der Waals surface area contributed by atoms with Gasteiger partial charge in [-0.3, -0.25) is 4.79 Å². The van der Waals surface area contributed by atoms with Gasteiger partial charge >= 0.3 is 5.97 Å². The van der Waals surface area contributed by atoms with Gasteiger partial charge in [0.1, 0.15) is 0 Å². The second kappa shape index (κ2) is 6.31. The normalized spacial score (nSPS) is 15.6. The Balaban J connectivity index is 3.37. The van der Waals surface area contributed by atoms with Gasteiger partial charge in [0.2, 0.25) is 0 Å². The highest BCUT2D eigenvalue weighted by Crippen LogP contribution is 2.10. The molecule has 0 aliphatic carbocycles. The number of carboxylic acids is 1. The van der Waals surface area contributed by atoms with Crippen molar-refractivity contribution in [3.8, 4) is 0 Å². The Morgan fingerprint density at radius 2 is 2.08 bits per heavy atom. The lowest BCUT2D eigenvalue weighted by Gasteiger charge is -2.08. The topological polar surface area (TPSA) is 57.5 Å². The molecule has 0 aromatic rings. The molecule has 12 heavy (non-hydrogen) atoms. The fraction of sp³-hybridized carbons (Fsp3) is 0.875. The van der Waals surface area contributed by atoms with Gasteiger partial charge in [-0.1, -0.05) is 13.8 Å². The van der Waals surface area contributed by atoms with Gasteiger partial charge in [-0.25, -0.2) is 0 Å².